The Hall–Kier alpha value is -2.66. The topological polar surface area (TPSA) is 80.9 Å². The van der Waals surface area contributed by atoms with Crippen LogP contribution in [0.3, 0.4) is 0 Å². The van der Waals surface area contributed by atoms with Gasteiger partial charge in [0.2, 0.25) is 0 Å². The van der Waals surface area contributed by atoms with Crippen molar-refractivity contribution in [1.82, 2.24) is 15.5 Å². The molecule has 3 N–H and O–H groups in total. The lowest BCUT2D eigenvalue weighted by Crippen LogP contribution is -2.25. The minimum atomic E-state index is -0.365. The number of nitrogens with zero attached hydrogens (tertiary/aromatic N) is 2. The maximum absolute atomic E-state index is 12.2. The third-order valence-corrected chi connectivity index (χ3v) is 3.51. The first-order valence-corrected chi connectivity index (χ1v) is 7.06. The van der Waals surface area contributed by atoms with Crippen molar-refractivity contribution in [3.8, 4) is 0 Å². The molecule has 6 heteroatoms. The number of nitrogen functional groups attached to an aromatic ring is 1. The summed E-state index contributed by atoms with van der Waals surface area (Å²) < 4.78 is 0. The summed E-state index contributed by atoms with van der Waals surface area (Å²) in [6.45, 7) is 0.397. The van der Waals surface area contributed by atoms with Crippen LogP contribution in [0, 0.1) is 0 Å². The van der Waals surface area contributed by atoms with Crippen molar-refractivity contribution in [2.75, 3.05) is 5.73 Å². The van der Waals surface area contributed by atoms with Crippen LogP contribution >= 0.6 is 11.6 Å². The van der Waals surface area contributed by atoms with E-state index in [1.54, 1.807) is 18.2 Å². The first-order chi connectivity index (χ1) is 10.6. The third kappa shape index (κ3) is 2.84. The SMILES string of the molecule is Nc1c(C(=O)NCc2ccccc2)nnc2ccc(Cl)cc12. The van der Waals surface area contributed by atoms with Crippen molar-refractivity contribution in [1.29, 1.82) is 0 Å². The van der Waals surface area contributed by atoms with Crippen LogP contribution in [0.1, 0.15) is 16.1 Å². The second-order valence-electron chi connectivity index (χ2n) is 4.79. The maximum atomic E-state index is 12.2. The van der Waals surface area contributed by atoms with Crippen LogP contribution in [-0.2, 0) is 6.54 Å². The minimum Gasteiger partial charge on any atom is -0.396 e. The van der Waals surface area contributed by atoms with Crippen LogP contribution in [0.2, 0.25) is 5.02 Å². The Morgan fingerprint density at radius 3 is 2.68 bits per heavy atom. The van der Waals surface area contributed by atoms with Crippen molar-refractivity contribution < 1.29 is 4.79 Å². The number of nitrogens with two attached hydrogens (primary N) is 1. The lowest BCUT2D eigenvalue weighted by molar-refractivity contribution is 0.0946. The summed E-state index contributed by atoms with van der Waals surface area (Å²) in [5.41, 5.74) is 8.00. The zero-order valence-corrected chi connectivity index (χ0v) is 12.3. The predicted molar refractivity (Wildman–Crippen MR) is 86.6 cm³/mol. The molecule has 0 spiro atoms. The number of halogens is 1. The highest BCUT2D eigenvalue weighted by Gasteiger charge is 2.15. The van der Waals surface area contributed by atoms with Crippen LogP contribution in [0.5, 0.6) is 0 Å². The average Bonchev–Trinajstić information content (AvgIpc) is 2.54. The van der Waals surface area contributed by atoms with Gasteiger partial charge in [-0.3, -0.25) is 4.79 Å². The standard InChI is InChI=1S/C16H13ClN4O/c17-11-6-7-13-12(8-11)14(18)15(21-20-13)16(22)19-9-10-4-2-1-3-5-10/h1-8H,9H2,(H2,18,20)(H,19,22). The van der Waals surface area contributed by atoms with Gasteiger partial charge < -0.3 is 11.1 Å². The summed E-state index contributed by atoms with van der Waals surface area (Å²) in [5, 5.41) is 11.9. The number of nitrogens with one attached hydrogen (secondary N) is 1. The molecule has 5 nitrogen and oxygen atoms in total. The van der Waals surface area contributed by atoms with E-state index >= 15 is 0 Å². The molecule has 0 bridgehead atoms. The van der Waals surface area contributed by atoms with Crippen molar-refractivity contribution in [2.45, 2.75) is 6.54 Å². The quantitative estimate of drug-likeness (QED) is 0.779. The second kappa shape index (κ2) is 5.99. The van der Waals surface area contributed by atoms with E-state index in [1.807, 2.05) is 30.3 Å². The summed E-state index contributed by atoms with van der Waals surface area (Å²) in [7, 11) is 0. The molecule has 0 aliphatic carbocycles. The van der Waals surface area contributed by atoms with E-state index in [1.165, 1.54) is 0 Å². The fourth-order valence-corrected chi connectivity index (χ4v) is 2.30. The van der Waals surface area contributed by atoms with Gasteiger partial charge in [0.15, 0.2) is 5.69 Å². The number of fused-ring (bicyclic) bond motifs is 1. The Balaban J connectivity index is 1.86. The summed E-state index contributed by atoms with van der Waals surface area (Å²) in [6.07, 6.45) is 0. The highest BCUT2D eigenvalue weighted by Crippen LogP contribution is 2.24. The van der Waals surface area contributed by atoms with E-state index in [4.69, 9.17) is 17.3 Å². The number of benzene rings is 2. The van der Waals surface area contributed by atoms with Gasteiger partial charge in [0.1, 0.15) is 0 Å². The molecule has 0 radical (unpaired) electrons. The van der Waals surface area contributed by atoms with E-state index in [0.717, 1.165) is 5.56 Å². The van der Waals surface area contributed by atoms with Crippen LogP contribution in [0.15, 0.2) is 48.5 Å². The van der Waals surface area contributed by atoms with E-state index in [9.17, 15) is 4.79 Å². The molecule has 0 atom stereocenters. The van der Waals surface area contributed by atoms with Gasteiger partial charge in [-0.25, -0.2) is 0 Å². The summed E-state index contributed by atoms with van der Waals surface area (Å²) in [4.78, 5) is 12.2. The monoisotopic (exact) mass is 312 g/mol. The van der Waals surface area contributed by atoms with Crippen LogP contribution in [0.25, 0.3) is 10.9 Å². The first kappa shape index (κ1) is 14.3. The lowest BCUT2D eigenvalue weighted by atomic mass is 10.1. The van der Waals surface area contributed by atoms with Gasteiger partial charge in [0, 0.05) is 17.0 Å². The molecular formula is C16H13ClN4O. The Labute approximate surface area is 132 Å². The van der Waals surface area contributed by atoms with Gasteiger partial charge in [-0.1, -0.05) is 41.9 Å². The van der Waals surface area contributed by atoms with E-state index in [2.05, 4.69) is 15.5 Å². The van der Waals surface area contributed by atoms with Gasteiger partial charge >= 0.3 is 0 Å². The van der Waals surface area contributed by atoms with Crippen LogP contribution in [0.4, 0.5) is 5.69 Å². The molecule has 0 aliphatic heterocycles. The second-order valence-corrected chi connectivity index (χ2v) is 5.23. The number of amides is 1. The third-order valence-electron chi connectivity index (χ3n) is 3.27. The minimum absolute atomic E-state index is 0.102. The van der Waals surface area contributed by atoms with Gasteiger partial charge in [-0.15, -0.1) is 10.2 Å². The Morgan fingerprint density at radius 2 is 1.91 bits per heavy atom. The highest BCUT2D eigenvalue weighted by atomic mass is 35.5. The number of carbonyl (C=O) groups excluding carboxylic acids is 1. The molecule has 3 rings (SSSR count). The smallest absolute Gasteiger partial charge is 0.274 e. The fraction of sp³-hybridized carbons (Fsp3) is 0.0625. The first-order valence-electron chi connectivity index (χ1n) is 6.68. The largest absolute Gasteiger partial charge is 0.396 e. The molecule has 110 valence electrons. The fourth-order valence-electron chi connectivity index (χ4n) is 2.13. The molecule has 1 heterocycles. The molecule has 22 heavy (non-hydrogen) atoms. The number of rotatable bonds is 3. The molecule has 0 fully saturated rings. The van der Waals surface area contributed by atoms with Crippen molar-refractivity contribution in [2.24, 2.45) is 0 Å². The molecule has 1 aromatic heterocycles. The van der Waals surface area contributed by atoms with Gasteiger partial charge in [-0.05, 0) is 23.8 Å². The summed E-state index contributed by atoms with van der Waals surface area (Å²) in [6, 6.07) is 14.7. The number of hydrogen-bond acceptors (Lipinski definition) is 4. The summed E-state index contributed by atoms with van der Waals surface area (Å²) in [5.74, 6) is -0.365. The van der Waals surface area contributed by atoms with E-state index in [0.29, 0.717) is 22.5 Å². The van der Waals surface area contributed by atoms with E-state index < -0.39 is 0 Å². The molecule has 2 aromatic carbocycles. The normalized spacial score (nSPS) is 10.6. The molecule has 0 saturated carbocycles. The van der Waals surface area contributed by atoms with Crippen molar-refractivity contribution >= 4 is 34.1 Å². The predicted octanol–water partition coefficient (Wildman–Crippen LogP) is 2.80. The lowest BCUT2D eigenvalue weighted by Gasteiger charge is -2.08. The zero-order chi connectivity index (χ0) is 15.5. The highest BCUT2D eigenvalue weighted by molar-refractivity contribution is 6.31. The number of carbonyl (C=O) groups is 1. The molecule has 3 aromatic rings. The van der Waals surface area contributed by atoms with Crippen molar-refractivity contribution in [3.63, 3.8) is 0 Å². The van der Waals surface area contributed by atoms with E-state index in [-0.39, 0.29) is 17.3 Å². The molecule has 0 unspecified atom stereocenters. The number of aromatic nitrogens is 2. The Morgan fingerprint density at radius 1 is 1.14 bits per heavy atom. The van der Waals surface area contributed by atoms with Crippen molar-refractivity contribution in [3.05, 3.63) is 64.8 Å². The van der Waals surface area contributed by atoms with Crippen LogP contribution < -0.4 is 11.1 Å². The number of anilines is 1. The molecular weight excluding hydrogens is 300 g/mol. The zero-order valence-electron chi connectivity index (χ0n) is 11.6. The number of hydrogen-bond donors (Lipinski definition) is 2. The Kier molecular flexibility index (Phi) is 3.89. The van der Waals surface area contributed by atoms with Gasteiger partial charge in [0.25, 0.3) is 5.91 Å². The van der Waals surface area contributed by atoms with Gasteiger partial charge in [0.05, 0.1) is 11.2 Å². The summed E-state index contributed by atoms with van der Waals surface area (Å²) >= 11 is 5.96. The molecule has 0 saturated heterocycles. The van der Waals surface area contributed by atoms with Crippen LogP contribution in [-0.4, -0.2) is 16.1 Å². The molecule has 1 amide bonds. The Bertz CT molecular complexity index is 836. The van der Waals surface area contributed by atoms with Gasteiger partial charge in [-0.2, -0.15) is 0 Å². The average molecular weight is 313 g/mol. The molecule has 0 aliphatic rings. The maximum Gasteiger partial charge on any atom is 0.274 e.